The average molecular weight is 293 g/mol. The molecule has 0 radical (unpaired) electrons. The van der Waals surface area contributed by atoms with Crippen molar-refractivity contribution in [3.05, 3.63) is 28.8 Å². The molecule has 1 spiro atoms. The van der Waals surface area contributed by atoms with E-state index in [-0.39, 0.29) is 11.8 Å². The highest BCUT2D eigenvalue weighted by molar-refractivity contribution is 6.31. The number of hydrogen-bond acceptors (Lipinski definition) is 2. The molecular formula is C15H17ClN2O2. The fourth-order valence-corrected chi connectivity index (χ4v) is 3.46. The van der Waals surface area contributed by atoms with Crippen LogP contribution in [0.5, 0.6) is 0 Å². The lowest BCUT2D eigenvalue weighted by Gasteiger charge is -2.39. The third-order valence-corrected chi connectivity index (χ3v) is 4.84. The van der Waals surface area contributed by atoms with Crippen LogP contribution in [-0.4, -0.2) is 11.8 Å². The van der Waals surface area contributed by atoms with E-state index in [4.69, 9.17) is 11.6 Å². The minimum absolute atomic E-state index is 0.0000309. The van der Waals surface area contributed by atoms with Crippen LogP contribution in [0.25, 0.3) is 0 Å². The van der Waals surface area contributed by atoms with Gasteiger partial charge < -0.3 is 0 Å². The van der Waals surface area contributed by atoms with Gasteiger partial charge >= 0.3 is 0 Å². The molecule has 1 saturated heterocycles. The quantitative estimate of drug-likeness (QED) is 0.865. The van der Waals surface area contributed by atoms with E-state index in [1.807, 2.05) is 13.0 Å². The zero-order valence-corrected chi connectivity index (χ0v) is 12.2. The summed E-state index contributed by atoms with van der Waals surface area (Å²) in [5.41, 5.74) is 3.66. The number of nitrogens with zero attached hydrogens (tertiary/aromatic N) is 1. The second-order valence-electron chi connectivity index (χ2n) is 5.72. The van der Waals surface area contributed by atoms with Crippen LogP contribution in [0, 0.1) is 12.3 Å². The van der Waals surface area contributed by atoms with Crippen molar-refractivity contribution in [2.75, 3.05) is 5.01 Å². The van der Waals surface area contributed by atoms with Crippen molar-refractivity contribution in [2.45, 2.75) is 39.0 Å². The Morgan fingerprint density at radius 1 is 1.25 bits per heavy atom. The van der Waals surface area contributed by atoms with E-state index >= 15 is 0 Å². The number of nitrogens with one attached hydrogen (secondary N) is 1. The number of hydrazine groups is 1. The van der Waals surface area contributed by atoms with Crippen molar-refractivity contribution in [3.8, 4) is 0 Å². The van der Waals surface area contributed by atoms with Gasteiger partial charge in [-0.1, -0.05) is 30.5 Å². The molecule has 1 aliphatic carbocycles. The first-order valence-electron chi connectivity index (χ1n) is 6.93. The van der Waals surface area contributed by atoms with Gasteiger partial charge in [-0.25, -0.2) is 5.01 Å². The van der Waals surface area contributed by atoms with Crippen molar-refractivity contribution >= 4 is 29.1 Å². The summed E-state index contributed by atoms with van der Waals surface area (Å²) in [7, 11) is 0. The molecule has 1 heterocycles. The number of rotatable bonds is 1. The second kappa shape index (κ2) is 4.77. The summed E-state index contributed by atoms with van der Waals surface area (Å²) in [6.45, 7) is 1.85. The molecule has 1 N–H and O–H groups in total. The number of benzene rings is 1. The SMILES string of the molecule is Cc1c(Cl)cccc1N1NC(=O)CC2(CCCC2)C1=O. The summed E-state index contributed by atoms with van der Waals surface area (Å²) >= 11 is 6.12. The first kappa shape index (κ1) is 13.4. The summed E-state index contributed by atoms with van der Waals surface area (Å²) in [6.07, 6.45) is 3.94. The predicted octanol–water partition coefficient (Wildman–Crippen LogP) is 2.98. The monoisotopic (exact) mass is 292 g/mol. The van der Waals surface area contributed by atoms with Gasteiger partial charge in [0.05, 0.1) is 11.1 Å². The summed E-state index contributed by atoms with van der Waals surface area (Å²) in [5, 5.41) is 1.99. The van der Waals surface area contributed by atoms with E-state index in [2.05, 4.69) is 5.43 Å². The molecule has 106 valence electrons. The number of hydrogen-bond donors (Lipinski definition) is 1. The molecular weight excluding hydrogens is 276 g/mol. The van der Waals surface area contributed by atoms with Gasteiger partial charge in [-0.05, 0) is 37.5 Å². The molecule has 5 heteroatoms. The minimum atomic E-state index is -0.503. The summed E-state index contributed by atoms with van der Waals surface area (Å²) in [6, 6.07) is 5.38. The third-order valence-electron chi connectivity index (χ3n) is 4.43. The fourth-order valence-electron chi connectivity index (χ4n) is 3.29. The molecule has 1 aromatic rings. The van der Waals surface area contributed by atoms with E-state index in [0.29, 0.717) is 17.1 Å². The maximum absolute atomic E-state index is 12.8. The highest BCUT2D eigenvalue weighted by Crippen LogP contribution is 2.45. The van der Waals surface area contributed by atoms with Gasteiger partial charge in [-0.2, -0.15) is 0 Å². The Balaban J connectivity index is 2.02. The molecule has 2 aliphatic rings. The van der Waals surface area contributed by atoms with Gasteiger partial charge in [0.25, 0.3) is 5.91 Å². The van der Waals surface area contributed by atoms with Gasteiger partial charge in [0.2, 0.25) is 5.91 Å². The first-order valence-corrected chi connectivity index (χ1v) is 7.30. The Kier molecular flexibility index (Phi) is 3.21. The Morgan fingerprint density at radius 3 is 2.65 bits per heavy atom. The van der Waals surface area contributed by atoms with Crippen LogP contribution in [0.15, 0.2) is 18.2 Å². The molecule has 2 fully saturated rings. The van der Waals surface area contributed by atoms with E-state index in [0.717, 1.165) is 31.2 Å². The molecule has 4 nitrogen and oxygen atoms in total. The topological polar surface area (TPSA) is 49.4 Å². The van der Waals surface area contributed by atoms with Crippen LogP contribution < -0.4 is 10.4 Å². The smallest absolute Gasteiger partial charge is 0.252 e. The molecule has 1 saturated carbocycles. The zero-order valence-electron chi connectivity index (χ0n) is 11.4. The van der Waals surface area contributed by atoms with Gasteiger partial charge in [0.1, 0.15) is 0 Å². The molecule has 0 atom stereocenters. The summed E-state index contributed by atoms with van der Waals surface area (Å²) < 4.78 is 0. The molecule has 1 aliphatic heterocycles. The molecule has 0 unspecified atom stereocenters. The zero-order chi connectivity index (χ0) is 14.3. The summed E-state index contributed by atoms with van der Waals surface area (Å²) in [4.78, 5) is 24.8. The Labute approximate surface area is 123 Å². The van der Waals surface area contributed by atoms with Crippen LogP contribution in [0.1, 0.15) is 37.7 Å². The summed E-state index contributed by atoms with van der Waals surface area (Å²) in [5.74, 6) is -0.0918. The molecule has 0 aromatic heterocycles. The number of carbonyl (C=O) groups excluding carboxylic acids is 2. The Morgan fingerprint density at radius 2 is 1.95 bits per heavy atom. The average Bonchev–Trinajstić information content (AvgIpc) is 2.87. The predicted molar refractivity (Wildman–Crippen MR) is 77.3 cm³/mol. The third kappa shape index (κ3) is 1.99. The number of halogens is 1. The number of carbonyl (C=O) groups is 2. The lowest BCUT2D eigenvalue weighted by Crippen LogP contribution is -2.59. The van der Waals surface area contributed by atoms with Crippen LogP contribution in [0.2, 0.25) is 5.02 Å². The standard InChI is InChI=1S/C15H17ClN2O2/c1-10-11(16)5-4-6-12(10)18-14(20)15(7-2-3-8-15)9-13(19)17-18/h4-6H,2-3,7-9H2,1H3,(H,17,19). The van der Waals surface area contributed by atoms with E-state index < -0.39 is 5.41 Å². The lowest BCUT2D eigenvalue weighted by atomic mass is 9.80. The molecule has 3 rings (SSSR count). The normalized spacial score (nSPS) is 21.4. The van der Waals surface area contributed by atoms with Crippen molar-refractivity contribution in [3.63, 3.8) is 0 Å². The van der Waals surface area contributed by atoms with E-state index in [1.165, 1.54) is 5.01 Å². The van der Waals surface area contributed by atoms with Crippen LogP contribution in [-0.2, 0) is 9.59 Å². The van der Waals surface area contributed by atoms with Crippen LogP contribution in [0.3, 0.4) is 0 Å². The van der Waals surface area contributed by atoms with Gasteiger partial charge in [0, 0.05) is 11.4 Å². The van der Waals surface area contributed by atoms with Crippen LogP contribution >= 0.6 is 11.6 Å². The largest absolute Gasteiger partial charge is 0.273 e. The van der Waals surface area contributed by atoms with Crippen molar-refractivity contribution in [1.29, 1.82) is 0 Å². The lowest BCUT2D eigenvalue weighted by molar-refractivity contribution is -0.140. The fraction of sp³-hybridized carbons (Fsp3) is 0.467. The highest BCUT2D eigenvalue weighted by Gasteiger charge is 2.49. The van der Waals surface area contributed by atoms with Gasteiger partial charge in [-0.3, -0.25) is 15.0 Å². The second-order valence-corrected chi connectivity index (χ2v) is 6.13. The van der Waals surface area contributed by atoms with Gasteiger partial charge in [-0.15, -0.1) is 0 Å². The van der Waals surface area contributed by atoms with Gasteiger partial charge in [0.15, 0.2) is 0 Å². The maximum atomic E-state index is 12.8. The molecule has 2 amide bonds. The Hall–Kier alpha value is -1.55. The Bertz CT molecular complexity index is 579. The maximum Gasteiger partial charge on any atom is 0.252 e. The van der Waals surface area contributed by atoms with Crippen molar-refractivity contribution in [2.24, 2.45) is 5.41 Å². The van der Waals surface area contributed by atoms with Crippen molar-refractivity contribution in [1.82, 2.24) is 5.43 Å². The minimum Gasteiger partial charge on any atom is -0.273 e. The number of anilines is 1. The molecule has 1 aromatic carbocycles. The first-order chi connectivity index (χ1) is 9.53. The van der Waals surface area contributed by atoms with Crippen molar-refractivity contribution < 1.29 is 9.59 Å². The number of amides is 2. The highest BCUT2D eigenvalue weighted by atomic mass is 35.5. The molecule has 20 heavy (non-hydrogen) atoms. The van der Waals surface area contributed by atoms with E-state index in [9.17, 15) is 9.59 Å². The molecule has 0 bridgehead atoms. The van der Waals surface area contributed by atoms with E-state index in [1.54, 1.807) is 12.1 Å². The van der Waals surface area contributed by atoms with Crippen LogP contribution in [0.4, 0.5) is 5.69 Å².